The monoisotopic (exact) mass is 358 g/mol. The number of carbonyl (C=O) groups is 2. The highest BCUT2D eigenvalue weighted by Crippen LogP contribution is 2.20. The van der Waals surface area contributed by atoms with Crippen molar-refractivity contribution in [2.24, 2.45) is 0 Å². The molecule has 1 fully saturated rings. The lowest BCUT2D eigenvalue weighted by molar-refractivity contribution is -0.115. The van der Waals surface area contributed by atoms with Gasteiger partial charge in [0.15, 0.2) is 0 Å². The van der Waals surface area contributed by atoms with Crippen LogP contribution in [0.15, 0.2) is 24.3 Å². The molecule has 1 aromatic rings. The zero-order valence-corrected chi connectivity index (χ0v) is 15.5. The molecule has 1 aliphatic rings. The number of rotatable bonds is 4. The summed E-state index contributed by atoms with van der Waals surface area (Å²) >= 11 is 0. The molecule has 2 rings (SSSR count). The largest absolute Gasteiger partial charge is 0.444 e. The average Bonchev–Trinajstić information content (AvgIpc) is 2.56. The van der Waals surface area contributed by atoms with Crippen molar-refractivity contribution < 1.29 is 14.3 Å². The van der Waals surface area contributed by atoms with E-state index in [2.05, 4.69) is 10.6 Å². The number of carbonyl (C=O) groups excluding carboxylic acids is 2. The fraction of sp³-hybridized carbons (Fsp3) is 0.526. The van der Waals surface area contributed by atoms with Crippen LogP contribution in [0.3, 0.4) is 0 Å². The number of ether oxygens (including phenoxy) is 1. The van der Waals surface area contributed by atoms with Gasteiger partial charge in [0.05, 0.1) is 6.07 Å². The van der Waals surface area contributed by atoms with Crippen molar-refractivity contribution in [3.63, 3.8) is 0 Å². The zero-order valence-electron chi connectivity index (χ0n) is 15.5. The molecule has 7 heteroatoms. The minimum atomic E-state index is -0.497. The van der Waals surface area contributed by atoms with Gasteiger partial charge in [0.1, 0.15) is 12.0 Å². The summed E-state index contributed by atoms with van der Waals surface area (Å²) in [5.74, 6) is -0.325. The van der Waals surface area contributed by atoms with Gasteiger partial charge in [0, 0.05) is 30.5 Å². The fourth-order valence-electron chi connectivity index (χ4n) is 2.75. The first kappa shape index (κ1) is 19.6. The van der Waals surface area contributed by atoms with Gasteiger partial charge in [0.2, 0.25) is 5.91 Å². The number of piperidine rings is 1. The van der Waals surface area contributed by atoms with E-state index >= 15 is 0 Å². The van der Waals surface area contributed by atoms with Crippen LogP contribution in [0.4, 0.5) is 16.2 Å². The van der Waals surface area contributed by atoms with Crippen molar-refractivity contribution in [2.45, 2.75) is 51.7 Å². The summed E-state index contributed by atoms with van der Waals surface area (Å²) in [5, 5.41) is 14.6. The van der Waals surface area contributed by atoms with Gasteiger partial charge in [-0.3, -0.25) is 4.79 Å². The van der Waals surface area contributed by atoms with E-state index in [1.54, 1.807) is 17.0 Å². The molecule has 1 saturated heterocycles. The molecule has 1 atom stereocenters. The molecule has 0 aromatic heterocycles. The van der Waals surface area contributed by atoms with Crippen LogP contribution in [0.5, 0.6) is 0 Å². The van der Waals surface area contributed by atoms with Crippen LogP contribution in [-0.4, -0.2) is 41.6 Å². The van der Waals surface area contributed by atoms with Crippen LogP contribution in [0.25, 0.3) is 0 Å². The molecule has 0 bridgehead atoms. The number of likely N-dealkylation sites (tertiary alicyclic amines) is 1. The van der Waals surface area contributed by atoms with Crippen molar-refractivity contribution in [1.82, 2.24) is 4.90 Å². The Morgan fingerprint density at radius 3 is 2.54 bits per heavy atom. The lowest BCUT2D eigenvalue weighted by atomic mass is 10.1. The van der Waals surface area contributed by atoms with Crippen molar-refractivity contribution in [1.29, 1.82) is 5.26 Å². The predicted octanol–water partition coefficient (Wildman–Crippen LogP) is 3.35. The van der Waals surface area contributed by atoms with Crippen LogP contribution in [0, 0.1) is 11.3 Å². The van der Waals surface area contributed by atoms with Crippen LogP contribution in [0.2, 0.25) is 0 Å². The smallest absolute Gasteiger partial charge is 0.410 e. The number of anilines is 2. The minimum absolute atomic E-state index is 0.148. The van der Waals surface area contributed by atoms with Crippen molar-refractivity contribution in [2.75, 3.05) is 23.7 Å². The van der Waals surface area contributed by atoms with E-state index in [9.17, 15) is 9.59 Å². The summed E-state index contributed by atoms with van der Waals surface area (Å²) in [7, 11) is 0. The molecule has 0 spiro atoms. The molecule has 0 saturated carbocycles. The topological polar surface area (TPSA) is 94.5 Å². The third-order valence-corrected chi connectivity index (χ3v) is 3.85. The molecule has 1 aromatic carbocycles. The Labute approximate surface area is 154 Å². The standard InChI is InChI=1S/C19H26N4O3/c1-19(2,3)26-18(25)23-12-4-5-16(13-23)21-14-6-8-15(9-7-14)22-17(24)10-11-20/h6-9,16,21H,4-5,10,12-13H2,1-3H3,(H,22,24). The molecule has 2 N–H and O–H groups in total. The van der Waals surface area contributed by atoms with Crippen molar-refractivity contribution >= 4 is 23.4 Å². The van der Waals surface area contributed by atoms with Gasteiger partial charge < -0.3 is 20.3 Å². The first-order chi connectivity index (χ1) is 12.3. The van der Waals surface area contributed by atoms with E-state index in [1.807, 2.05) is 39.0 Å². The normalized spacial score (nSPS) is 17.2. The number of benzene rings is 1. The highest BCUT2D eigenvalue weighted by molar-refractivity contribution is 5.92. The Morgan fingerprint density at radius 2 is 1.92 bits per heavy atom. The summed E-state index contributed by atoms with van der Waals surface area (Å²) in [4.78, 5) is 25.4. The number of hydrogen-bond acceptors (Lipinski definition) is 5. The average molecular weight is 358 g/mol. The van der Waals surface area contributed by atoms with Crippen LogP contribution in [-0.2, 0) is 9.53 Å². The molecular formula is C19H26N4O3. The number of nitrogens with one attached hydrogen (secondary N) is 2. The van der Waals surface area contributed by atoms with Crippen molar-refractivity contribution in [3.05, 3.63) is 24.3 Å². The van der Waals surface area contributed by atoms with Crippen LogP contribution < -0.4 is 10.6 Å². The third kappa shape index (κ3) is 6.28. The van der Waals surface area contributed by atoms with E-state index in [-0.39, 0.29) is 24.5 Å². The van der Waals surface area contributed by atoms with Gasteiger partial charge in [-0.1, -0.05) is 0 Å². The molecule has 0 radical (unpaired) electrons. The number of nitriles is 1. The van der Waals surface area contributed by atoms with E-state index in [4.69, 9.17) is 10.00 Å². The minimum Gasteiger partial charge on any atom is -0.444 e. The molecule has 7 nitrogen and oxygen atoms in total. The quantitative estimate of drug-likeness (QED) is 0.861. The summed E-state index contributed by atoms with van der Waals surface area (Å²) in [6.07, 6.45) is 1.45. The maximum Gasteiger partial charge on any atom is 0.410 e. The van der Waals surface area contributed by atoms with E-state index in [0.717, 1.165) is 18.5 Å². The lowest BCUT2D eigenvalue weighted by Crippen LogP contribution is -2.46. The maximum atomic E-state index is 12.2. The molecule has 1 heterocycles. The zero-order chi connectivity index (χ0) is 19.2. The van der Waals surface area contributed by atoms with Gasteiger partial charge in [-0.05, 0) is 57.9 Å². The van der Waals surface area contributed by atoms with Gasteiger partial charge in [-0.25, -0.2) is 4.79 Å². The Bertz CT molecular complexity index is 674. The van der Waals surface area contributed by atoms with E-state index < -0.39 is 5.60 Å². The van der Waals surface area contributed by atoms with Gasteiger partial charge in [-0.2, -0.15) is 5.26 Å². The Hall–Kier alpha value is -2.75. The summed E-state index contributed by atoms with van der Waals surface area (Å²) in [5.41, 5.74) is 1.07. The molecule has 140 valence electrons. The SMILES string of the molecule is CC(C)(C)OC(=O)N1CCCC(Nc2ccc(NC(=O)CC#N)cc2)C1. The van der Waals surface area contributed by atoms with Crippen LogP contribution in [0.1, 0.15) is 40.0 Å². The second-order valence-electron chi connectivity index (χ2n) is 7.37. The summed E-state index contributed by atoms with van der Waals surface area (Å²) in [6.45, 7) is 6.89. The molecule has 1 aliphatic heterocycles. The summed E-state index contributed by atoms with van der Waals surface area (Å²) in [6, 6.07) is 9.27. The van der Waals surface area contributed by atoms with Gasteiger partial charge >= 0.3 is 6.09 Å². The number of hydrogen-bond donors (Lipinski definition) is 2. The fourth-order valence-corrected chi connectivity index (χ4v) is 2.75. The van der Waals surface area contributed by atoms with Crippen LogP contribution >= 0.6 is 0 Å². The number of nitrogens with zero attached hydrogens (tertiary/aromatic N) is 2. The Kier molecular flexibility index (Phi) is 6.45. The highest BCUT2D eigenvalue weighted by Gasteiger charge is 2.27. The second-order valence-corrected chi connectivity index (χ2v) is 7.37. The first-order valence-corrected chi connectivity index (χ1v) is 8.78. The van der Waals surface area contributed by atoms with Crippen molar-refractivity contribution in [3.8, 4) is 6.07 Å². The first-order valence-electron chi connectivity index (χ1n) is 8.78. The van der Waals surface area contributed by atoms with Gasteiger partial charge in [-0.15, -0.1) is 0 Å². The van der Waals surface area contributed by atoms with Gasteiger partial charge in [0.25, 0.3) is 0 Å². The lowest BCUT2D eigenvalue weighted by Gasteiger charge is -2.34. The third-order valence-electron chi connectivity index (χ3n) is 3.85. The molecular weight excluding hydrogens is 332 g/mol. The van der Waals surface area contributed by atoms with E-state index in [0.29, 0.717) is 18.8 Å². The number of amides is 2. The molecule has 26 heavy (non-hydrogen) atoms. The Morgan fingerprint density at radius 1 is 1.27 bits per heavy atom. The summed E-state index contributed by atoms with van der Waals surface area (Å²) < 4.78 is 5.44. The molecule has 1 unspecified atom stereocenters. The second kappa shape index (κ2) is 8.56. The Balaban J connectivity index is 1.89. The maximum absolute atomic E-state index is 12.2. The highest BCUT2D eigenvalue weighted by atomic mass is 16.6. The van der Waals surface area contributed by atoms with E-state index in [1.165, 1.54) is 0 Å². The molecule has 2 amide bonds. The predicted molar refractivity (Wildman–Crippen MR) is 99.8 cm³/mol. The molecule has 0 aliphatic carbocycles.